The maximum Gasteiger partial charge on any atom is 0.326 e. The highest BCUT2D eigenvalue weighted by atomic mass is 19.3. The number of halogens is 3. The average molecular weight is 520 g/mol. The molecule has 1 heterocycles. The molecule has 3 aliphatic rings. The van der Waals surface area contributed by atoms with Gasteiger partial charge in [-0.2, -0.15) is 8.78 Å². The quantitative estimate of drug-likeness (QED) is 0.185. The van der Waals surface area contributed by atoms with Gasteiger partial charge in [-0.3, -0.25) is 4.84 Å². The molecule has 0 N–H and O–H groups in total. The second-order valence-electron chi connectivity index (χ2n) is 11.8. The molecule has 0 bridgehead atoms. The van der Waals surface area contributed by atoms with E-state index in [0.717, 1.165) is 55.3 Å². The first-order valence-electron chi connectivity index (χ1n) is 14.2. The second-order valence-corrected chi connectivity index (χ2v) is 11.8. The van der Waals surface area contributed by atoms with E-state index < -0.39 is 17.5 Å². The Hall–Kier alpha value is -1.63. The van der Waals surface area contributed by atoms with E-state index >= 15 is 13.2 Å². The molecule has 1 saturated carbocycles. The molecule has 2 aliphatic carbocycles. The van der Waals surface area contributed by atoms with E-state index in [4.69, 9.17) is 9.57 Å². The molecule has 37 heavy (non-hydrogen) atoms. The van der Waals surface area contributed by atoms with Crippen LogP contribution in [0.3, 0.4) is 0 Å². The monoisotopic (exact) mass is 519 g/mol. The summed E-state index contributed by atoms with van der Waals surface area (Å²) in [5.41, 5.74) is 1.43. The minimum atomic E-state index is -3.13. The number of piperidine rings is 1. The third-order valence-electron chi connectivity index (χ3n) is 8.68. The van der Waals surface area contributed by atoms with E-state index in [9.17, 15) is 0 Å². The molecule has 3 nitrogen and oxygen atoms in total. The van der Waals surface area contributed by atoms with Crippen molar-refractivity contribution in [1.82, 2.24) is 5.06 Å². The summed E-state index contributed by atoms with van der Waals surface area (Å²) < 4.78 is 51.4. The smallest absolute Gasteiger partial charge is 0.326 e. The molecule has 0 aromatic heterocycles. The van der Waals surface area contributed by atoms with Crippen molar-refractivity contribution in [2.75, 3.05) is 13.2 Å². The number of hydrogen-bond donors (Lipinski definition) is 0. The van der Waals surface area contributed by atoms with Gasteiger partial charge in [0.1, 0.15) is 5.82 Å². The SMILES string of the molecule is C=CCCON1C(C)(C)CC(c2ccc(C3=CCC(C4CCC(OCC)CC4)CC3)c(F)c2)CC1(F)F. The lowest BCUT2D eigenvalue weighted by Gasteiger charge is -2.48. The molecule has 0 amide bonds. The molecule has 1 aromatic carbocycles. The van der Waals surface area contributed by atoms with Crippen LogP contribution in [0.2, 0.25) is 0 Å². The fourth-order valence-electron chi connectivity index (χ4n) is 6.85. The molecule has 2 fully saturated rings. The van der Waals surface area contributed by atoms with Crippen LogP contribution in [0.1, 0.15) is 102 Å². The van der Waals surface area contributed by atoms with E-state index in [1.807, 2.05) is 12.1 Å². The van der Waals surface area contributed by atoms with E-state index in [0.29, 0.717) is 36.0 Å². The van der Waals surface area contributed by atoms with Gasteiger partial charge in [-0.05, 0) is 114 Å². The zero-order valence-electron chi connectivity index (χ0n) is 22.8. The minimum absolute atomic E-state index is 0.168. The van der Waals surface area contributed by atoms with E-state index in [1.54, 1.807) is 19.9 Å². The Labute approximate surface area is 221 Å². The second kappa shape index (κ2) is 12.0. The summed E-state index contributed by atoms with van der Waals surface area (Å²) in [7, 11) is 0. The molecule has 1 aliphatic heterocycles. The van der Waals surface area contributed by atoms with Gasteiger partial charge in [-0.1, -0.05) is 24.3 Å². The van der Waals surface area contributed by atoms with Crippen molar-refractivity contribution in [2.45, 2.75) is 109 Å². The number of hydroxylamine groups is 2. The van der Waals surface area contributed by atoms with Gasteiger partial charge in [-0.15, -0.1) is 11.6 Å². The Bertz CT molecular complexity index is 934. The van der Waals surface area contributed by atoms with Gasteiger partial charge in [0.2, 0.25) is 0 Å². The first-order chi connectivity index (χ1) is 17.6. The van der Waals surface area contributed by atoms with Crippen LogP contribution < -0.4 is 0 Å². The highest BCUT2D eigenvalue weighted by Gasteiger charge is 2.53. The average Bonchev–Trinajstić information content (AvgIpc) is 2.86. The highest BCUT2D eigenvalue weighted by molar-refractivity contribution is 5.67. The zero-order chi connectivity index (χ0) is 26.6. The van der Waals surface area contributed by atoms with Crippen molar-refractivity contribution in [3.63, 3.8) is 0 Å². The predicted octanol–water partition coefficient (Wildman–Crippen LogP) is 8.66. The number of hydrogen-bond acceptors (Lipinski definition) is 3. The van der Waals surface area contributed by atoms with Crippen molar-refractivity contribution >= 4 is 5.57 Å². The van der Waals surface area contributed by atoms with Crippen LogP contribution in [0, 0.1) is 17.7 Å². The molecule has 2 atom stereocenters. The molecule has 1 saturated heterocycles. The van der Waals surface area contributed by atoms with Gasteiger partial charge in [0.25, 0.3) is 0 Å². The number of benzene rings is 1. The van der Waals surface area contributed by atoms with Crippen molar-refractivity contribution in [2.24, 2.45) is 11.8 Å². The maximum absolute atomic E-state index is 15.3. The Morgan fingerprint density at radius 3 is 2.43 bits per heavy atom. The predicted molar refractivity (Wildman–Crippen MR) is 143 cm³/mol. The standard InChI is InChI=1S/C31H44F3NO2/c1-5-7-18-37-35-30(3,4)20-26(21-31(35,33)34)25-14-17-28(29(32)19-25)24-10-8-22(9-11-24)23-12-15-27(16-13-23)36-6-2/h5,10,14,17,19,22-23,26-27H,1,6-9,11-13,15-16,18,20-21H2,2-4H3. The summed E-state index contributed by atoms with van der Waals surface area (Å²) in [6.07, 6.45) is 12.6. The maximum atomic E-state index is 15.3. The van der Waals surface area contributed by atoms with Crippen molar-refractivity contribution in [1.29, 1.82) is 0 Å². The third-order valence-corrected chi connectivity index (χ3v) is 8.68. The number of allylic oxidation sites excluding steroid dienone is 2. The normalized spacial score (nSPS) is 30.1. The largest absolute Gasteiger partial charge is 0.379 e. The number of rotatable bonds is 9. The highest BCUT2D eigenvalue weighted by Crippen LogP contribution is 2.48. The molecule has 4 rings (SSSR count). The van der Waals surface area contributed by atoms with Crippen LogP contribution in [0.15, 0.2) is 36.9 Å². The Morgan fingerprint density at radius 2 is 1.84 bits per heavy atom. The molecule has 1 aromatic rings. The van der Waals surface area contributed by atoms with Crippen molar-refractivity contribution in [3.05, 3.63) is 53.9 Å². The molecule has 206 valence electrons. The zero-order valence-corrected chi connectivity index (χ0v) is 22.8. The van der Waals surface area contributed by atoms with Gasteiger partial charge >= 0.3 is 6.05 Å². The third kappa shape index (κ3) is 6.69. The summed E-state index contributed by atoms with van der Waals surface area (Å²) in [5, 5.41) is 0.845. The van der Waals surface area contributed by atoms with Crippen LogP contribution >= 0.6 is 0 Å². The van der Waals surface area contributed by atoms with Crippen LogP contribution in [-0.2, 0) is 9.57 Å². The first kappa shape index (κ1) is 28.4. The number of nitrogens with zero attached hydrogens (tertiary/aromatic N) is 1. The van der Waals surface area contributed by atoms with E-state index in [1.165, 1.54) is 18.9 Å². The minimum Gasteiger partial charge on any atom is -0.379 e. The van der Waals surface area contributed by atoms with Gasteiger partial charge in [0.05, 0.1) is 12.7 Å². The lowest BCUT2D eigenvalue weighted by Crippen LogP contribution is -2.58. The number of alkyl halides is 2. The number of ether oxygens (including phenoxy) is 1. The van der Waals surface area contributed by atoms with Crippen molar-refractivity contribution < 1.29 is 22.7 Å². The fraction of sp³-hybridized carbons (Fsp3) is 0.677. The van der Waals surface area contributed by atoms with Crippen LogP contribution in [0.5, 0.6) is 0 Å². The topological polar surface area (TPSA) is 21.7 Å². The Kier molecular flexibility index (Phi) is 9.24. The van der Waals surface area contributed by atoms with Crippen molar-refractivity contribution in [3.8, 4) is 0 Å². The van der Waals surface area contributed by atoms with E-state index in [2.05, 4.69) is 19.6 Å². The molecular weight excluding hydrogens is 475 g/mol. The van der Waals surface area contributed by atoms with Gasteiger partial charge < -0.3 is 4.74 Å². The van der Waals surface area contributed by atoms with E-state index in [-0.39, 0.29) is 18.8 Å². The summed E-state index contributed by atoms with van der Waals surface area (Å²) in [5.74, 6) is 0.657. The van der Waals surface area contributed by atoms with Gasteiger partial charge in [-0.25, -0.2) is 4.39 Å². The van der Waals surface area contributed by atoms with Crippen LogP contribution in [-0.4, -0.2) is 36.0 Å². The van der Waals surface area contributed by atoms with Crippen LogP contribution in [0.4, 0.5) is 13.2 Å². The molecule has 2 unspecified atom stereocenters. The lowest BCUT2D eigenvalue weighted by molar-refractivity contribution is -0.370. The Morgan fingerprint density at radius 1 is 1.08 bits per heavy atom. The van der Waals surface area contributed by atoms with Gasteiger partial charge in [0.15, 0.2) is 0 Å². The van der Waals surface area contributed by atoms with Gasteiger partial charge in [0, 0.05) is 24.1 Å². The first-order valence-corrected chi connectivity index (χ1v) is 14.2. The summed E-state index contributed by atoms with van der Waals surface area (Å²) in [4.78, 5) is 5.45. The summed E-state index contributed by atoms with van der Waals surface area (Å²) in [6.45, 7) is 10.2. The summed E-state index contributed by atoms with van der Waals surface area (Å²) in [6, 6.07) is 2.02. The molecule has 6 heteroatoms. The lowest BCUT2D eigenvalue weighted by atomic mass is 9.72. The molecule has 0 spiro atoms. The Balaban J connectivity index is 1.39. The fourth-order valence-corrected chi connectivity index (χ4v) is 6.85. The molecular formula is C31H44F3NO2. The molecule has 0 radical (unpaired) electrons. The summed E-state index contributed by atoms with van der Waals surface area (Å²) >= 11 is 0. The van der Waals surface area contributed by atoms with Crippen LogP contribution in [0.25, 0.3) is 5.57 Å².